The molecule has 88 valence electrons. The van der Waals surface area contributed by atoms with Crippen molar-refractivity contribution in [3.8, 4) is 0 Å². The smallest absolute Gasteiger partial charge is 0.321 e. The molecule has 0 aromatic carbocycles. The van der Waals surface area contributed by atoms with Crippen molar-refractivity contribution in [2.24, 2.45) is 0 Å². The first-order valence-corrected chi connectivity index (χ1v) is 6.46. The summed E-state index contributed by atoms with van der Waals surface area (Å²) >= 11 is 1.74. The van der Waals surface area contributed by atoms with Gasteiger partial charge in [0.25, 0.3) is 0 Å². The van der Waals surface area contributed by atoms with Gasteiger partial charge in [-0.15, -0.1) is 0 Å². The minimum absolute atomic E-state index is 0.272. The molecule has 1 heterocycles. The zero-order chi connectivity index (χ0) is 11.3. The lowest BCUT2D eigenvalue weighted by Crippen LogP contribution is -2.47. The molecule has 1 aliphatic rings. The molecule has 15 heavy (non-hydrogen) atoms. The van der Waals surface area contributed by atoms with E-state index >= 15 is 0 Å². The summed E-state index contributed by atoms with van der Waals surface area (Å²) in [4.78, 5) is 15.2. The first-order valence-electron chi connectivity index (χ1n) is 5.30. The van der Waals surface area contributed by atoms with Gasteiger partial charge in [-0.05, 0) is 27.1 Å². The summed E-state index contributed by atoms with van der Waals surface area (Å²) in [6.07, 6.45) is 1.04. The Kier molecular flexibility index (Phi) is 5.42. The van der Waals surface area contributed by atoms with Gasteiger partial charge in [0.2, 0.25) is 0 Å². The zero-order valence-corrected chi connectivity index (χ0v) is 10.3. The summed E-state index contributed by atoms with van der Waals surface area (Å²) in [5.74, 6) is 1.12. The minimum Gasteiger partial charge on any atom is -0.480 e. The highest BCUT2D eigenvalue weighted by atomic mass is 32.2. The number of carboxylic acids is 1. The van der Waals surface area contributed by atoms with Crippen molar-refractivity contribution in [2.75, 3.05) is 45.2 Å². The Morgan fingerprint density at radius 3 is 2.93 bits per heavy atom. The van der Waals surface area contributed by atoms with Gasteiger partial charge in [0, 0.05) is 24.6 Å². The average Bonchev–Trinajstić information content (AvgIpc) is 2.17. The Balaban J connectivity index is 2.33. The SMILES string of the molecule is CN(C)CCCN1CCSCC1C(=O)O. The van der Waals surface area contributed by atoms with Crippen LogP contribution in [0.2, 0.25) is 0 Å². The van der Waals surface area contributed by atoms with Gasteiger partial charge in [0.05, 0.1) is 0 Å². The third-order valence-corrected chi connectivity index (χ3v) is 3.60. The van der Waals surface area contributed by atoms with E-state index in [0.717, 1.165) is 37.6 Å². The van der Waals surface area contributed by atoms with Crippen molar-refractivity contribution >= 4 is 17.7 Å². The lowest BCUT2D eigenvalue weighted by molar-refractivity contribution is -0.142. The minimum atomic E-state index is -0.674. The van der Waals surface area contributed by atoms with Crippen molar-refractivity contribution in [3.63, 3.8) is 0 Å². The third-order valence-electron chi connectivity index (χ3n) is 2.58. The van der Waals surface area contributed by atoms with Crippen LogP contribution in [0.15, 0.2) is 0 Å². The van der Waals surface area contributed by atoms with Crippen LogP contribution < -0.4 is 0 Å². The molecule has 0 amide bonds. The molecule has 0 spiro atoms. The van der Waals surface area contributed by atoms with E-state index < -0.39 is 5.97 Å². The molecule has 1 rings (SSSR count). The van der Waals surface area contributed by atoms with Gasteiger partial charge in [0.15, 0.2) is 0 Å². The molecule has 0 bridgehead atoms. The summed E-state index contributed by atoms with van der Waals surface area (Å²) in [7, 11) is 4.08. The Bertz CT molecular complexity index is 212. The number of aliphatic carboxylic acids is 1. The van der Waals surface area contributed by atoms with E-state index in [1.165, 1.54) is 0 Å². The molecule has 0 saturated carbocycles. The Morgan fingerprint density at radius 2 is 2.33 bits per heavy atom. The van der Waals surface area contributed by atoms with Crippen molar-refractivity contribution in [1.82, 2.24) is 9.80 Å². The molecule has 1 atom stereocenters. The second kappa shape index (κ2) is 6.35. The topological polar surface area (TPSA) is 43.8 Å². The largest absolute Gasteiger partial charge is 0.480 e. The summed E-state index contributed by atoms with van der Waals surface area (Å²) in [5, 5.41) is 9.05. The Hall–Kier alpha value is -0.260. The number of nitrogens with zero attached hydrogens (tertiary/aromatic N) is 2. The summed E-state index contributed by atoms with van der Waals surface area (Å²) < 4.78 is 0. The molecular weight excluding hydrogens is 212 g/mol. The Morgan fingerprint density at radius 1 is 1.60 bits per heavy atom. The number of thioether (sulfide) groups is 1. The number of hydrogen-bond acceptors (Lipinski definition) is 4. The molecule has 5 heteroatoms. The van der Waals surface area contributed by atoms with Crippen LogP contribution in [0.25, 0.3) is 0 Å². The Labute approximate surface area is 95.6 Å². The van der Waals surface area contributed by atoms with Crippen LogP contribution in [0.3, 0.4) is 0 Å². The highest BCUT2D eigenvalue weighted by molar-refractivity contribution is 7.99. The monoisotopic (exact) mass is 232 g/mol. The molecule has 1 fully saturated rings. The predicted molar refractivity (Wildman–Crippen MR) is 63.5 cm³/mol. The van der Waals surface area contributed by atoms with E-state index in [4.69, 9.17) is 5.11 Å². The van der Waals surface area contributed by atoms with Gasteiger partial charge in [-0.2, -0.15) is 11.8 Å². The lowest BCUT2D eigenvalue weighted by Gasteiger charge is -2.32. The van der Waals surface area contributed by atoms with Crippen LogP contribution in [0.5, 0.6) is 0 Å². The van der Waals surface area contributed by atoms with E-state index in [1.54, 1.807) is 11.8 Å². The summed E-state index contributed by atoms with van der Waals surface area (Å²) in [5.41, 5.74) is 0. The number of hydrogen-bond donors (Lipinski definition) is 1. The fraction of sp³-hybridized carbons (Fsp3) is 0.900. The first-order chi connectivity index (χ1) is 7.11. The van der Waals surface area contributed by atoms with Gasteiger partial charge in [0.1, 0.15) is 6.04 Å². The van der Waals surface area contributed by atoms with Crippen LogP contribution in [-0.2, 0) is 4.79 Å². The maximum Gasteiger partial charge on any atom is 0.321 e. The van der Waals surface area contributed by atoms with Crippen LogP contribution >= 0.6 is 11.8 Å². The molecule has 0 radical (unpaired) electrons. The molecule has 4 nitrogen and oxygen atoms in total. The molecule has 0 aliphatic carbocycles. The molecule has 0 aromatic rings. The van der Waals surface area contributed by atoms with E-state index in [9.17, 15) is 4.79 Å². The lowest BCUT2D eigenvalue weighted by atomic mass is 10.2. The van der Waals surface area contributed by atoms with Gasteiger partial charge in [-0.3, -0.25) is 9.69 Å². The van der Waals surface area contributed by atoms with Crippen molar-refractivity contribution < 1.29 is 9.90 Å². The van der Waals surface area contributed by atoms with Crippen LogP contribution in [0, 0.1) is 0 Å². The second-order valence-electron chi connectivity index (χ2n) is 4.12. The van der Waals surface area contributed by atoms with Crippen LogP contribution in [0.4, 0.5) is 0 Å². The van der Waals surface area contributed by atoms with Gasteiger partial charge in [-0.25, -0.2) is 0 Å². The third kappa shape index (κ3) is 4.40. The van der Waals surface area contributed by atoms with Crippen molar-refractivity contribution in [2.45, 2.75) is 12.5 Å². The average molecular weight is 232 g/mol. The number of rotatable bonds is 5. The highest BCUT2D eigenvalue weighted by Crippen LogP contribution is 2.16. The number of carbonyl (C=O) groups is 1. The highest BCUT2D eigenvalue weighted by Gasteiger charge is 2.27. The molecule has 1 N–H and O–H groups in total. The standard InChI is InChI=1S/C10H20N2O2S/c1-11(2)4-3-5-12-6-7-15-8-9(12)10(13)14/h9H,3-8H2,1-2H3,(H,13,14). The summed E-state index contributed by atoms with van der Waals surface area (Å²) in [6, 6.07) is -0.272. The zero-order valence-electron chi connectivity index (χ0n) is 9.48. The van der Waals surface area contributed by atoms with Gasteiger partial charge in [-0.1, -0.05) is 0 Å². The molecular formula is C10H20N2O2S. The second-order valence-corrected chi connectivity index (χ2v) is 5.27. The van der Waals surface area contributed by atoms with Crippen molar-refractivity contribution in [3.05, 3.63) is 0 Å². The maximum atomic E-state index is 11.0. The van der Waals surface area contributed by atoms with Crippen LogP contribution in [-0.4, -0.2) is 72.2 Å². The normalized spacial score (nSPS) is 23.3. The number of carboxylic acid groups (broad SMARTS) is 1. The van der Waals surface area contributed by atoms with E-state index in [1.807, 2.05) is 14.1 Å². The molecule has 0 aromatic heterocycles. The van der Waals surface area contributed by atoms with Gasteiger partial charge >= 0.3 is 5.97 Å². The van der Waals surface area contributed by atoms with E-state index in [-0.39, 0.29) is 6.04 Å². The van der Waals surface area contributed by atoms with E-state index in [0.29, 0.717) is 0 Å². The summed E-state index contributed by atoms with van der Waals surface area (Å²) in [6.45, 7) is 2.83. The first kappa shape index (κ1) is 12.8. The molecule has 1 unspecified atom stereocenters. The van der Waals surface area contributed by atoms with Crippen LogP contribution in [0.1, 0.15) is 6.42 Å². The van der Waals surface area contributed by atoms with E-state index in [2.05, 4.69) is 9.80 Å². The predicted octanol–water partition coefficient (Wildman–Crippen LogP) is 0.440. The fourth-order valence-corrected chi connectivity index (χ4v) is 2.83. The fourth-order valence-electron chi connectivity index (χ4n) is 1.72. The quantitative estimate of drug-likeness (QED) is 0.745. The van der Waals surface area contributed by atoms with Crippen molar-refractivity contribution in [1.29, 1.82) is 0 Å². The maximum absolute atomic E-state index is 11.0. The molecule has 1 saturated heterocycles. The van der Waals surface area contributed by atoms with Gasteiger partial charge < -0.3 is 10.0 Å². The molecule has 1 aliphatic heterocycles.